The van der Waals surface area contributed by atoms with E-state index in [2.05, 4.69) is 11.4 Å². The molecule has 0 bridgehead atoms. The summed E-state index contributed by atoms with van der Waals surface area (Å²) in [5, 5.41) is 2.89. The third-order valence-corrected chi connectivity index (χ3v) is 5.53. The van der Waals surface area contributed by atoms with Crippen molar-refractivity contribution in [2.75, 3.05) is 23.7 Å². The molecule has 1 amide bonds. The fourth-order valence-electron chi connectivity index (χ4n) is 3.08. The summed E-state index contributed by atoms with van der Waals surface area (Å²) >= 11 is 0. The van der Waals surface area contributed by atoms with Gasteiger partial charge in [-0.1, -0.05) is 23.8 Å². The van der Waals surface area contributed by atoms with Crippen LogP contribution in [0.3, 0.4) is 0 Å². The van der Waals surface area contributed by atoms with Crippen molar-refractivity contribution >= 4 is 21.6 Å². The molecule has 0 saturated carbocycles. The van der Waals surface area contributed by atoms with Crippen LogP contribution in [0.1, 0.15) is 36.6 Å². The Morgan fingerprint density at radius 2 is 1.79 bits per heavy atom. The summed E-state index contributed by atoms with van der Waals surface area (Å²) in [6.45, 7) is 8.00. The van der Waals surface area contributed by atoms with E-state index in [1.54, 1.807) is 24.3 Å². The highest BCUT2D eigenvalue weighted by Crippen LogP contribution is 2.22. The number of rotatable bonds is 8. The summed E-state index contributed by atoms with van der Waals surface area (Å²) in [6, 6.07) is 12.4. The number of carbonyl (C=O) groups is 1. The molecule has 1 N–H and O–H groups in total. The van der Waals surface area contributed by atoms with Crippen LogP contribution >= 0.6 is 0 Å². The highest BCUT2D eigenvalue weighted by Gasteiger charge is 2.22. The van der Waals surface area contributed by atoms with Crippen LogP contribution in [-0.2, 0) is 14.8 Å². The number of nitrogens with zero attached hydrogens (tertiary/aromatic N) is 1. The first-order chi connectivity index (χ1) is 13.1. The van der Waals surface area contributed by atoms with E-state index in [0.29, 0.717) is 18.0 Å². The highest BCUT2D eigenvalue weighted by atomic mass is 32.2. The number of sulfonamides is 1. The standard InChI is InChI=1S/C21H28N2O4S/c1-6-27-19-10-8-18(9-11-19)23(28(5,25)26)14-21(24)22-17(4)20-12-7-15(2)13-16(20)3/h7-13,17H,6,14H2,1-5H3,(H,22,24)/t17-/m0/s1. The first kappa shape index (κ1) is 21.8. The van der Waals surface area contributed by atoms with E-state index in [1.807, 2.05) is 39.8 Å². The van der Waals surface area contributed by atoms with Crippen LogP contribution in [0.4, 0.5) is 5.69 Å². The van der Waals surface area contributed by atoms with Gasteiger partial charge in [-0.3, -0.25) is 9.10 Å². The second-order valence-electron chi connectivity index (χ2n) is 6.85. The van der Waals surface area contributed by atoms with E-state index < -0.39 is 10.0 Å². The third-order valence-electron chi connectivity index (χ3n) is 4.39. The predicted molar refractivity (Wildman–Crippen MR) is 112 cm³/mol. The van der Waals surface area contributed by atoms with Gasteiger partial charge in [0.05, 0.1) is 24.6 Å². The Bertz CT molecular complexity index is 924. The zero-order valence-corrected chi connectivity index (χ0v) is 17.8. The van der Waals surface area contributed by atoms with Crippen molar-refractivity contribution in [2.45, 2.75) is 33.7 Å². The molecule has 0 saturated heterocycles. The average Bonchev–Trinajstić information content (AvgIpc) is 2.59. The number of amides is 1. The minimum Gasteiger partial charge on any atom is -0.494 e. The fraction of sp³-hybridized carbons (Fsp3) is 0.381. The molecule has 0 aliphatic rings. The van der Waals surface area contributed by atoms with E-state index in [0.717, 1.165) is 27.3 Å². The van der Waals surface area contributed by atoms with E-state index in [1.165, 1.54) is 0 Å². The van der Waals surface area contributed by atoms with Crippen LogP contribution in [0.25, 0.3) is 0 Å². The van der Waals surface area contributed by atoms with Gasteiger partial charge in [-0.2, -0.15) is 0 Å². The normalized spacial score (nSPS) is 12.3. The molecule has 0 aliphatic carbocycles. The molecule has 0 heterocycles. The molecule has 0 aliphatic heterocycles. The number of hydrogen-bond acceptors (Lipinski definition) is 4. The molecule has 1 atom stereocenters. The number of hydrogen-bond donors (Lipinski definition) is 1. The summed E-state index contributed by atoms with van der Waals surface area (Å²) in [6.07, 6.45) is 1.09. The van der Waals surface area contributed by atoms with Gasteiger partial charge in [-0.15, -0.1) is 0 Å². The number of nitrogens with one attached hydrogen (secondary N) is 1. The van der Waals surface area contributed by atoms with Crippen molar-refractivity contribution in [3.8, 4) is 5.75 Å². The number of anilines is 1. The lowest BCUT2D eigenvalue weighted by Gasteiger charge is -2.24. The molecule has 0 spiro atoms. The van der Waals surface area contributed by atoms with Gasteiger partial charge in [0.2, 0.25) is 15.9 Å². The van der Waals surface area contributed by atoms with Gasteiger partial charge in [0.1, 0.15) is 12.3 Å². The molecule has 28 heavy (non-hydrogen) atoms. The maximum Gasteiger partial charge on any atom is 0.241 e. The summed E-state index contributed by atoms with van der Waals surface area (Å²) < 4.78 is 31.0. The summed E-state index contributed by atoms with van der Waals surface area (Å²) in [5.74, 6) is 0.277. The lowest BCUT2D eigenvalue weighted by molar-refractivity contribution is -0.120. The van der Waals surface area contributed by atoms with Crippen molar-refractivity contribution < 1.29 is 17.9 Å². The van der Waals surface area contributed by atoms with Crippen molar-refractivity contribution in [3.05, 3.63) is 59.2 Å². The van der Waals surface area contributed by atoms with Gasteiger partial charge in [0.15, 0.2) is 0 Å². The van der Waals surface area contributed by atoms with Gasteiger partial charge in [-0.25, -0.2) is 8.42 Å². The van der Waals surface area contributed by atoms with Gasteiger partial charge >= 0.3 is 0 Å². The molecule has 0 fully saturated rings. The summed E-state index contributed by atoms with van der Waals surface area (Å²) in [7, 11) is -3.62. The minimum absolute atomic E-state index is 0.227. The molecule has 0 radical (unpaired) electrons. The van der Waals surface area contributed by atoms with E-state index >= 15 is 0 Å². The van der Waals surface area contributed by atoms with Gasteiger partial charge in [-0.05, 0) is 63.1 Å². The third kappa shape index (κ3) is 5.73. The van der Waals surface area contributed by atoms with E-state index in [4.69, 9.17) is 4.74 Å². The van der Waals surface area contributed by atoms with Crippen LogP contribution in [-0.4, -0.2) is 33.7 Å². The van der Waals surface area contributed by atoms with Crippen molar-refractivity contribution in [2.24, 2.45) is 0 Å². The predicted octanol–water partition coefficient (Wildman–Crippen LogP) is 3.35. The molecule has 2 rings (SSSR count). The van der Waals surface area contributed by atoms with Gasteiger partial charge < -0.3 is 10.1 Å². The Hall–Kier alpha value is -2.54. The Morgan fingerprint density at radius 3 is 2.32 bits per heavy atom. The first-order valence-electron chi connectivity index (χ1n) is 9.19. The van der Waals surface area contributed by atoms with Crippen molar-refractivity contribution in [3.63, 3.8) is 0 Å². The van der Waals surface area contributed by atoms with Crippen molar-refractivity contribution in [1.29, 1.82) is 0 Å². The molecule has 2 aromatic carbocycles. The Balaban J connectivity index is 2.14. The SMILES string of the molecule is CCOc1ccc(N(CC(=O)N[C@@H](C)c2ccc(C)cc2C)S(C)(=O)=O)cc1. The minimum atomic E-state index is -3.62. The molecule has 7 heteroatoms. The van der Waals surface area contributed by atoms with E-state index in [-0.39, 0.29) is 18.5 Å². The molecular weight excluding hydrogens is 376 g/mol. The molecule has 0 unspecified atom stereocenters. The molecule has 2 aromatic rings. The number of aryl methyl sites for hydroxylation is 2. The lowest BCUT2D eigenvalue weighted by Crippen LogP contribution is -2.41. The smallest absolute Gasteiger partial charge is 0.241 e. The Labute approximate surface area is 167 Å². The largest absolute Gasteiger partial charge is 0.494 e. The number of ether oxygens (including phenoxy) is 1. The summed E-state index contributed by atoms with van der Waals surface area (Å²) in [5.41, 5.74) is 3.66. The molecule has 152 valence electrons. The monoisotopic (exact) mass is 404 g/mol. The van der Waals surface area contributed by atoms with Crippen LogP contribution in [0.2, 0.25) is 0 Å². The van der Waals surface area contributed by atoms with Crippen LogP contribution in [0, 0.1) is 13.8 Å². The Morgan fingerprint density at radius 1 is 1.14 bits per heavy atom. The van der Waals surface area contributed by atoms with Crippen molar-refractivity contribution in [1.82, 2.24) is 5.32 Å². The van der Waals surface area contributed by atoms with Crippen LogP contribution in [0.5, 0.6) is 5.75 Å². The fourth-order valence-corrected chi connectivity index (χ4v) is 3.94. The Kier molecular flexibility index (Phi) is 7.07. The first-order valence-corrected chi connectivity index (χ1v) is 11.0. The molecule has 0 aromatic heterocycles. The van der Waals surface area contributed by atoms with Crippen LogP contribution in [0.15, 0.2) is 42.5 Å². The lowest BCUT2D eigenvalue weighted by atomic mass is 10.0. The topological polar surface area (TPSA) is 75.7 Å². The van der Waals surface area contributed by atoms with Gasteiger partial charge in [0.25, 0.3) is 0 Å². The zero-order valence-electron chi connectivity index (χ0n) is 17.0. The molecular formula is C21H28N2O4S. The highest BCUT2D eigenvalue weighted by molar-refractivity contribution is 7.92. The zero-order chi connectivity index (χ0) is 20.9. The maximum absolute atomic E-state index is 12.6. The quantitative estimate of drug-likeness (QED) is 0.732. The van der Waals surface area contributed by atoms with Crippen LogP contribution < -0.4 is 14.4 Å². The summed E-state index contributed by atoms with van der Waals surface area (Å²) in [4.78, 5) is 12.6. The van der Waals surface area contributed by atoms with E-state index in [9.17, 15) is 13.2 Å². The molecule has 6 nitrogen and oxygen atoms in total. The number of benzene rings is 2. The second-order valence-corrected chi connectivity index (χ2v) is 8.75. The van der Waals surface area contributed by atoms with Gasteiger partial charge in [0, 0.05) is 0 Å². The average molecular weight is 405 g/mol. The number of carbonyl (C=O) groups excluding carboxylic acids is 1. The maximum atomic E-state index is 12.6. The second kappa shape index (κ2) is 9.10.